The highest BCUT2D eigenvalue weighted by atomic mass is 35.5. The Morgan fingerprint density at radius 2 is 1.86 bits per heavy atom. The fourth-order valence-corrected chi connectivity index (χ4v) is 3.65. The molecule has 3 N–H and O–H groups in total. The molecule has 2 atom stereocenters. The second-order valence-corrected chi connectivity index (χ2v) is 7.54. The molecule has 2 unspecified atom stereocenters. The van der Waals surface area contributed by atoms with E-state index in [0.29, 0.717) is 23.0 Å². The van der Waals surface area contributed by atoms with Gasteiger partial charge in [-0.2, -0.15) is 0 Å². The molecule has 5 nitrogen and oxygen atoms in total. The molecule has 2 amide bonds. The first kappa shape index (κ1) is 20.4. The summed E-state index contributed by atoms with van der Waals surface area (Å²) in [6, 6.07) is 16.0. The quantitative estimate of drug-likeness (QED) is 0.668. The lowest BCUT2D eigenvalue weighted by molar-refractivity contribution is -0.121. The number of halogens is 1. The van der Waals surface area contributed by atoms with Crippen molar-refractivity contribution in [2.45, 2.75) is 25.3 Å². The molecule has 0 spiro atoms. The number of benzene rings is 2. The van der Waals surface area contributed by atoms with E-state index in [1.54, 1.807) is 24.3 Å². The summed E-state index contributed by atoms with van der Waals surface area (Å²) >= 11 is 6.14. The fourth-order valence-electron chi connectivity index (χ4n) is 3.43. The maximum absolute atomic E-state index is 12.7. The van der Waals surface area contributed by atoms with Crippen molar-refractivity contribution >= 4 is 23.4 Å². The van der Waals surface area contributed by atoms with Crippen LogP contribution >= 0.6 is 11.6 Å². The lowest BCUT2D eigenvalue weighted by atomic mass is 9.99. The van der Waals surface area contributed by atoms with Crippen molar-refractivity contribution in [2.75, 3.05) is 19.6 Å². The smallest absolute Gasteiger partial charge is 0.253 e. The Morgan fingerprint density at radius 1 is 1.11 bits per heavy atom. The Balaban J connectivity index is 1.64. The second-order valence-electron chi connectivity index (χ2n) is 7.14. The van der Waals surface area contributed by atoms with Crippen LogP contribution in [0.4, 0.5) is 0 Å². The number of hydrogen-bond acceptors (Lipinski definition) is 3. The molecular formula is C22H26ClN3O2. The van der Waals surface area contributed by atoms with E-state index in [-0.39, 0.29) is 18.2 Å². The van der Waals surface area contributed by atoms with Gasteiger partial charge in [-0.25, -0.2) is 0 Å². The van der Waals surface area contributed by atoms with Crippen molar-refractivity contribution in [3.63, 3.8) is 0 Å². The summed E-state index contributed by atoms with van der Waals surface area (Å²) in [6.45, 7) is 2.64. The van der Waals surface area contributed by atoms with Gasteiger partial charge in [-0.05, 0) is 49.5 Å². The first-order valence-corrected chi connectivity index (χ1v) is 10.1. The molecule has 28 heavy (non-hydrogen) atoms. The van der Waals surface area contributed by atoms with Crippen LogP contribution in [0.3, 0.4) is 0 Å². The van der Waals surface area contributed by atoms with Crippen LogP contribution < -0.4 is 16.0 Å². The van der Waals surface area contributed by atoms with Crippen LogP contribution in [0.2, 0.25) is 5.02 Å². The molecule has 0 radical (unpaired) electrons. The van der Waals surface area contributed by atoms with Crippen LogP contribution in [-0.2, 0) is 4.79 Å². The van der Waals surface area contributed by atoms with Crippen LogP contribution in [-0.4, -0.2) is 31.4 Å². The van der Waals surface area contributed by atoms with Gasteiger partial charge in [-0.15, -0.1) is 0 Å². The van der Waals surface area contributed by atoms with Gasteiger partial charge in [0.1, 0.15) is 0 Å². The maximum atomic E-state index is 12.7. The van der Waals surface area contributed by atoms with E-state index in [1.165, 1.54) is 0 Å². The zero-order valence-corrected chi connectivity index (χ0v) is 16.5. The molecule has 3 rings (SSSR count). The van der Waals surface area contributed by atoms with Gasteiger partial charge >= 0.3 is 0 Å². The largest absolute Gasteiger partial charge is 0.356 e. The summed E-state index contributed by atoms with van der Waals surface area (Å²) in [5, 5.41) is 9.73. The molecule has 6 heteroatoms. The molecule has 1 heterocycles. The van der Waals surface area contributed by atoms with Crippen LogP contribution in [0.15, 0.2) is 54.6 Å². The normalized spacial score (nSPS) is 17.5. The lowest BCUT2D eigenvalue weighted by Crippen LogP contribution is -2.39. The predicted octanol–water partition coefficient (Wildman–Crippen LogP) is 3.32. The van der Waals surface area contributed by atoms with Crippen LogP contribution in [0.1, 0.15) is 41.2 Å². The molecule has 1 aliphatic heterocycles. The first-order chi connectivity index (χ1) is 13.6. The highest BCUT2D eigenvalue weighted by Crippen LogP contribution is 2.20. The Bertz CT molecular complexity index is 791. The highest BCUT2D eigenvalue weighted by molar-refractivity contribution is 6.33. The van der Waals surface area contributed by atoms with Gasteiger partial charge in [-0.3, -0.25) is 9.59 Å². The van der Waals surface area contributed by atoms with Gasteiger partial charge in [0.2, 0.25) is 5.91 Å². The Morgan fingerprint density at radius 3 is 2.57 bits per heavy atom. The monoisotopic (exact) mass is 399 g/mol. The second kappa shape index (κ2) is 10.2. The zero-order chi connectivity index (χ0) is 19.8. The van der Waals surface area contributed by atoms with Crippen molar-refractivity contribution in [3.8, 4) is 0 Å². The van der Waals surface area contributed by atoms with Gasteiger partial charge < -0.3 is 16.0 Å². The third kappa shape index (κ3) is 5.81. The highest BCUT2D eigenvalue weighted by Gasteiger charge is 2.21. The minimum Gasteiger partial charge on any atom is -0.356 e. The number of carbonyl (C=O) groups is 2. The van der Waals surface area contributed by atoms with E-state index in [2.05, 4.69) is 16.0 Å². The molecule has 1 aliphatic rings. The average Bonchev–Trinajstić information content (AvgIpc) is 2.73. The van der Waals surface area contributed by atoms with Crippen molar-refractivity contribution in [2.24, 2.45) is 5.92 Å². The van der Waals surface area contributed by atoms with Crippen LogP contribution in [0.5, 0.6) is 0 Å². The fraction of sp³-hybridized carbons (Fsp3) is 0.364. The maximum Gasteiger partial charge on any atom is 0.253 e. The van der Waals surface area contributed by atoms with Gasteiger partial charge in [0.25, 0.3) is 5.91 Å². The molecule has 148 valence electrons. The van der Waals surface area contributed by atoms with E-state index >= 15 is 0 Å². The standard InChI is InChI=1S/C22H26ClN3O2/c23-19-11-5-4-10-18(19)22(28)26-20(17-8-2-1-3-9-17)13-21(27)25-15-16-7-6-12-24-14-16/h1-5,8-11,16,20,24H,6-7,12-15H2,(H,25,27)(H,26,28). The molecular weight excluding hydrogens is 374 g/mol. The Hall–Kier alpha value is -2.37. The molecule has 0 bridgehead atoms. The lowest BCUT2D eigenvalue weighted by Gasteiger charge is -2.24. The number of hydrogen-bond donors (Lipinski definition) is 3. The summed E-state index contributed by atoms with van der Waals surface area (Å²) in [5.41, 5.74) is 1.29. The number of rotatable bonds is 7. The van der Waals surface area contributed by atoms with E-state index in [9.17, 15) is 9.59 Å². The van der Waals surface area contributed by atoms with E-state index in [1.807, 2.05) is 30.3 Å². The van der Waals surface area contributed by atoms with Gasteiger partial charge in [-0.1, -0.05) is 54.1 Å². The summed E-state index contributed by atoms with van der Waals surface area (Å²) in [7, 11) is 0. The van der Waals surface area contributed by atoms with Crippen molar-refractivity contribution < 1.29 is 9.59 Å². The SMILES string of the molecule is O=C(CC(NC(=O)c1ccccc1Cl)c1ccccc1)NCC1CCCNC1. The summed E-state index contributed by atoms with van der Waals surface area (Å²) < 4.78 is 0. The van der Waals surface area contributed by atoms with Crippen LogP contribution in [0, 0.1) is 5.92 Å². The number of amides is 2. The van der Waals surface area contributed by atoms with Crippen molar-refractivity contribution in [1.82, 2.24) is 16.0 Å². The van der Waals surface area contributed by atoms with Crippen LogP contribution in [0.25, 0.3) is 0 Å². The number of nitrogens with one attached hydrogen (secondary N) is 3. The molecule has 0 aliphatic carbocycles. The topological polar surface area (TPSA) is 70.2 Å². The minimum absolute atomic E-state index is 0.0705. The molecule has 0 saturated carbocycles. The van der Waals surface area contributed by atoms with E-state index < -0.39 is 6.04 Å². The minimum atomic E-state index is -0.422. The molecule has 1 fully saturated rings. The average molecular weight is 400 g/mol. The zero-order valence-electron chi connectivity index (χ0n) is 15.8. The third-order valence-electron chi connectivity index (χ3n) is 5.00. The molecule has 0 aromatic heterocycles. The van der Waals surface area contributed by atoms with Crippen molar-refractivity contribution in [1.29, 1.82) is 0 Å². The summed E-state index contributed by atoms with van der Waals surface area (Å²) in [5.74, 6) is 0.105. The van der Waals surface area contributed by atoms with Gasteiger partial charge in [0.05, 0.1) is 23.0 Å². The number of carbonyl (C=O) groups excluding carboxylic acids is 2. The molecule has 2 aromatic rings. The Kier molecular flexibility index (Phi) is 7.46. The van der Waals surface area contributed by atoms with Gasteiger partial charge in [0.15, 0.2) is 0 Å². The molecule has 1 saturated heterocycles. The van der Waals surface area contributed by atoms with Gasteiger partial charge in [0, 0.05) is 6.54 Å². The molecule has 2 aromatic carbocycles. The van der Waals surface area contributed by atoms with Crippen molar-refractivity contribution in [3.05, 3.63) is 70.7 Å². The summed E-state index contributed by atoms with van der Waals surface area (Å²) in [6.07, 6.45) is 2.44. The summed E-state index contributed by atoms with van der Waals surface area (Å²) in [4.78, 5) is 25.2. The Labute approximate surface area is 170 Å². The predicted molar refractivity (Wildman–Crippen MR) is 111 cm³/mol. The van der Waals surface area contributed by atoms with E-state index in [0.717, 1.165) is 31.5 Å². The number of piperidine rings is 1. The van der Waals surface area contributed by atoms with E-state index in [4.69, 9.17) is 11.6 Å². The third-order valence-corrected chi connectivity index (χ3v) is 5.33. The first-order valence-electron chi connectivity index (χ1n) is 9.71.